The molecule has 0 saturated carbocycles. The van der Waals surface area contributed by atoms with Crippen molar-refractivity contribution in [1.29, 1.82) is 0 Å². The van der Waals surface area contributed by atoms with E-state index in [9.17, 15) is 4.79 Å². The number of rotatable bonds is 4. The van der Waals surface area contributed by atoms with Gasteiger partial charge in [-0.1, -0.05) is 17.7 Å². The zero-order valence-electron chi connectivity index (χ0n) is 10.3. The van der Waals surface area contributed by atoms with Gasteiger partial charge in [0.05, 0.1) is 11.9 Å². The minimum Gasteiger partial charge on any atom is -0.481 e. The second-order valence-electron chi connectivity index (χ2n) is 3.95. The number of anilines is 1. The first kappa shape index (κ1) is 13.4. The van der Waals surface area contributed by atoms with Gasteiger partial charge in [0, 0.05) is 11.2 Å². The van der Waals surface area contributed by atoms with E-state index in [0.717, 1.165) is 0 Å². The fraction of sp³-hybridized carbons (Fsp3) is 0.143. The Labute approximate surface area is 116 Å². The van der Waals surface area contributed by atoms with E-state index < -0.39 is 6.10 Å². The highest BCUT2D eigenvalue weighted by molar-refractivity contribution is 6.30. The minimum atomic E-state index is -0.626. The monoisotopic (exact) mass is 276 g/mol. The molecule has 1 amide bonds. The number of amides is 1. The summed E-state index contributed by atoms with van der Waals surface area (Å²) in [6.07, 6.45) is 2.59. The van der Waals surface area contributed by atoms with Gasteiger partial charge >= 0.3 is 0 Å². The van der Waals surface area contributed by atoms with Crippen LogP contribution in [0.5, 0.6) is 5.75 Å². The lowest BCUT2D eigenvalue weighted by Gasteiger charge is -2.14. The van der Waals surface area contributed by atoms with Crippen LogP contribution in [-0.2, 0) is 4.79 Å². The lowest BCUT2D eigenvalue weighted by Crippen LogP contribution is -2.30. The third kappa shape index (κ3) is 3.96. The van der Waals surface area contributed by atoms with Crippen LogP contribution in [0.25, 0.3) is 0 Å². The molecule has 98 valence electrons. The SMILES string of the molecule is C[C@@H](Oc1cccc(Cl)c1)C(=O)Nc1cccnc1. The summed E-state index contributed by atoms with van der Waals surface area (Å²) in [5, 5.41) is 3.28. The third-order valence-electron chi connectivity index (χ3n) is 2.41. The van der Waals surface area contributed by atoms with Crippen LogP contribution in [0.4, 0.5) is 5.69 Å². The Morgan fingerprint density at radius 3 is 2.89 bits per heavy atom. The van der Waals surface area contributed by atoms with E-state index >= 15 is 0 Å². The van der Waals surface area contributed by atoms with E-state index in [1.165, 1.54) is 0 Å². The summed E-state index contributed by atoms with van der Waals surface area (Å²) in [7, 11) is 0. The predicted octanol–water partition coefficient (Wildman–Crippen LogP) is 3.14. The van der Waals surface area contributed by atoms with E-state index in [1.54, 1.807) is 55.7 Å². The van der Waals surface area contributed by atoms with Crippen LogP contribution in [0.3, 0.4) is 0 Å². The highest BCUT2D eigenvalue weighted by atomic mass is 35.5. The number of pyridine rings is 1. The molecule has 0 radical (unpaired) electrons. The molecule has 0 fully saturated rings. The van der Waals surface area contributed by atoms with Crippen LogP contribution in [-0.4, -0.2) is 17.0 Å². The molecule has 1 atom stereocenters. The highest BCUT2D eigenvalue weighted by Gasteiger charge is 2.14. The molecule has 0 aliphatic carbocycles. The number of halogens is 1. The molecule has 1 aromatic carbocycles. The molecule has 2 aromatic rings. The van der Waals surface area contributed by atoms with Crippen LogP contribution in [0, 0.1) is 0 Å². The molecule has 0 bridgehead atoms. The van der Waals surface area contributed by atoms with Gasteiger partial charge < -0.3 is 10.1 Å². The Morgan fingerprint density at radius 1 is 1.37 bits per heavy atom. The summed E-state index contributed by atoms with van der Waals surface area (Å²) in [6.45, 7) is 1.67. The maximum atomic E-state index is 11.9. The molecule has 0 unspecified atom stereocenters. The summed E-state index contributed by atoms with van der Waals surface area (Å²) in [5.74, 6) is 0.314. The van der Waals surface area contributed by atoms with Crippen LogP contribution >= 0.6 is 11.6 Å². The molecule has 0 saturated heterocycles. The van der Waals surface area contributed by atoms with Gasteiger partial charge in [0.2, 0.25) is 0 Å². The molecule has 5 heteroatoms. The van der Waals surface area contributed by atoms with Crippen molar-refractivity contribution in [2.45, 2.75) is 13.0 Å². The maximum Gasteiger partial charge on any atom is 0.265 e. The number of nitrogens with one attached hydrogen (secondary N) is 1. The Bertz CT molecular complexity index is 560. The van der Waals surface area contributed by atoms with Crippen molar-refractivity contribution in [1.82, 2.24) is 4.98 Å². The number of hydrogen-bond donors (Lipinski definition) is 1. The van der Waals surface area contributed by atoms with Crippen LogP contribution in [0.2, 0.25) is 5.02 Å². The van der Waals surface area contributed by atoms with Crippen molar-refractivity contribution in [3.8, 4) is 5.75 Å². The quantitative estimate of drug-likeness (QED) is 0.933. The molecular formula is C14H13ClN2O2. The number of carbonyl (C=O) groups excluding carboxylic acids is 1. The van der Waals surface area contributed by atoms with E-state index in [2.05, 4.69) is 10.3 Å². The van der Waals surface area contributed by atoms with E-state index in [1.807, 2.05) is 0 Å². The summed E-state index contributed by atoms with van der Waals surface area (Å²) in [6, 6.07) is 10.4. The van der Waals surface area contributed by atoms with Crippen molar-refractivity contribution >= 4 is 23.2 Å². The summed E-state index contributed by atoms with van der Waals surface area (Å²) in [4.78, 5) is 15.8. The first-order chi connectivity index (χ1) is 9.15. The minimum absolute atomic E-state index is 0.243. The predicted molar refractivity (Wildman–Crippen MR) is 74.4 cm³/mol. The molecule has 1 aromatic heterocycles. The lowest BCUT2D eigenvalue weighted by atomic mass is 10.3. The van der Waals surface area contributed by atoms with Gasteiger partial charge in [0.1, 0.15) is 5.75 Å². The number of nitrogens with zero attached hydrogens (tertiary/aromatic N) is 1. The van der Waals surface area contributed by atoms with E-state index in [0.29, 0.717) is 16.5 Å². The van der Waals surface area contributed by atoms with Crippen LogP contribution in [0.1, 0.15) is 6.92 Å². The Kier molecular flexibility index (Phi) is 4.36. The Hall–Kier alpha value is -2.07. The number of aromatic nitrogens is 1. The van der Waals surface area contributed by atoms with Crippen LogP contribution < -0.4 is 10.1 Å². The molecule has 0 spiro atoms. The topological polar surface area (TPSA) is 51.2 Å². The van der Waals surface area contributed by atoms with Crippen molar-refractivity contribution < 1.29 is 9.53 Å². The molecular weight excluding hydrogens is 264 g/mol. The Morgan fingerprint density at radius 2 is 2.21 bits per heavy atom. The average Bonchev–Trinajstić information content (AvgIpc) is 2.40. The van der Waals surface area contributed by atoms with Gasteiger partial charge in [-0.3, -0.25) is 9.78 Å². The number of hydrogen-bond acceptors (Lipinski definition) is 3. The molecule has 4 nitrogen and oxygen atoms in total. The Balaban J connectivity index is 1.96. The van der Waals surface area contributed by atoms with Crippen molar-refractivity contribution in [3.05, 3.63) is 53.8 Å². The smallest absolute Gasteiger partial charge is 0.265 e. The first-order valence-corrected chi connectivity index (χ1v) is 6.16. The molecule has 0 aliphatic heterocycles. The van der Waals surface area contributed by atoms with Crippen molar-refractivity contribution in [2.75, 3.05) is 5.32 Å². The number of benzene rings is 1. The van der Waals surface area contributed by atoms with Gasteiger partial charge in [-0.2, -0.15) is 0 Å². The van der Waals surface area contributed by atoms with Crippen molar-refractivity contribution in [3.63, 3.8) is 0 Å². The molecule has 1 N–H and O–H groups in total. The molecule has 1 heterocycles. The van der Waals surface area contributed by atoms with Gasteiger partial charge in [-0.15, -0.1) is 0 Å². The second-order valence-corrected chi connectivity index (χ2v) is 4.38. The average molecular weight is 277 g/mol. The van der Waals surface area contributed by atoms with E-state index in [-0.39, 0.29) is 5.91 Å². The molecule has 2 rings (SSSR count). The summed E-state index contributed by atoms with van der Waals surface area (Å²) in [5.41, 5.74) is 0.633. The fourth-order valence-electron chi connectivity index (χ4n) is 1.48. The van der Waals surface area contributed by atoms with Crippen molar-refractivity contribution in [2.24, 2.45) is 0 Å². The van der Waals surface area contributed by atoms with Gasteiger partial charge in [-0.25, -0.2) is 0 Å². The zero-order chi connectivity index (χ0) is 13.7. The normalized spacial score (nSPS) is 11.7. The van der Waals surface area contributed by atoms with Crippen LogP contribution in [0.15, 0.2) is 48.8 Å². The number of ether oxygens (including phenoxy) is 1. The van der Waals surface area contributed by atoms with Gasteiger partial charge in [-0.05, 0) is 37.3 Å². The summed E-state index contributed by atoms with van der Waals surface area (Å²) >= 11 is 5.85. The second kappa shape index (κ2) is 6.20. The third-order valence-corrected chi connectivity index (χ3v) is 2.64. The molecule has 19 heavy (non-hydrogen) atoms. The standard InChI is InChI=1S/C14H13ClN2O2/c1-10(19-13-6-2-4-11(15)8-13)14(18)17-12-5-3-7-16-9-12/h2-10H,1H3,(H,17,18)/t10-/m1/s1. The maximum absolute atomic E-state index is 11.9. The summed E-state index contributed by atoms with van der Waals surface area (Å²) < 4.78 is 5.51. The largest absolute Gasteiger partial charge is 0.481 e. The van der Waals surface area contributed by atoms with Gasteiger partial charge in [0.25, 0.3) is 5.91 Å². The van der Waals surface area contributed by atoms with Gasteiger partial charge in [0.15, 0.2) is 6.10 Å². The number of carbonyl (C=O) groups is 1. The lowest BCUT2D eigenvalue weighted by molar-refractivity contribution is -0.122. The molecule has 0 aliphatic rings. The van der Waals surface area contributed by atoms with E-state index in [4.69, 9.17) is 16.3 Å². The fourth-order valence-corrected chi connectivity index (χ4v) is 1.66. The highest BCUT2D eigenvalue weighted by Crippen LogP contribution is 2.18. The first-order valence-electron chi connectivity index (χ1n) is 5.78. The zero-order valence-corrected chi connectivity index (χ0v) is 11.1.